The van der Waals surface area contributed by atoms with Crippen molar-refractivity contribution >= 4 is 5.96 Å². The van der Waals surface area contributed by atoms with Crippen LogP contribution in [0.1, 0.15) is 40.0 Å². The number of nitrogens with zero attached hydrogens (tertiary/aromatic N) is 3. The number of hydrogen-bond acceptors (Lipinski definition) is 2. The molecule has 0 spiro atoms. The largest absolute Gasteiger partial charge is 0.357 e. The summed E-state index contributed by atoms with van der Waals surface area (Å²) >= 11 is 0. The highest BCUT2D eigenvalue weighted by Gasteiger charge is 2.22. The van der Waals surface area contributed by atoms with E-state index in [2.05, 4.69) is 35.9 Å². The summed E-state index contributed by atoms with van der Waals surface area (Å²) in [5.74, 6) is 2.88. The zero-order chi connectivity index (χ0) is 14.4. The predicted octanol–water partition coefficient (Wildman–Crippen LogP) is 2.03. The average Bonchev–Trinajstić information content (AvgIpc) is 3.22. The molecule has 0 radical (unpaired) electrons. The molecule has 0 aromatic heterocycles. The molecule has 4 heteroatoms. The molecule has 2 aliphatic rings. The van der Waals surface area contributed by atoms with Gasteiger partial charge in [-0.25, -0.2) is 0 Å². The Bertz CT molecular complexity index is 302. The molecule has 1 aliphatic heterocycles. The summed E-state index contributed by atoms with van der Waals surface area (Å²) in [5.41, 5.74) is 0. The molecule has 0 atom stereocenters. The summed E-state index contributed by atoms with van der Waals surface area (Å²) in [6.07, 6.45) is 4.14. The van der Waals surface area contributed by atoms with Gasteiger partial charge in [0.25, 0.3) is 0 Å². The minimum absolute atomic E-state index is 0.766. The van der Waals surface area contributed by atoms with Gasteiger partial charge in [-0.15, -0.1) is 0 Å². The van der Waals surface area contributed by atoms with E-state index in [0.717, 1.165) is 44.0 Å². The fraction of sp³-hybridized carbons (Fsp3) is 0.938. The molecule has 2 fully saturated rings. The molecule has 1 N–H and O–H groups in total. The Balaban J connectivity index is 1.77. The topological polar surface area (TPSA) is 30.9 Å². The maximum Gasteiger partial charge on any atom is 0.194 e. The monoisotopic (exact) mass is 280 g/mol. The van der Waals surface area contributed by atoms with Gasteiger partial charge in [-0.05, 0) is 25.2 Å². The zero-order valence-corrected chi connectivity index (χ0v) is 13.6. The number of aliphatic imine (C=N–C) groups is 1. The van der Waals surface area contributed by atoms with Crippen LogP contribution in [0.5, 0.6) is 0 Å². The molecule has 0 unspecified atom stereocenters. The lowest BCUT2D eigenvalue weighted by molar-refractivity contribution is 0.164. The number of piperazine rings is 1. The van der Waals surface area contributed by atoms with Crippen molar-refractivity contribution in [2.45, 2.75) is 40.0 Å². The highest BCUT2D eigenvalue weighted by Crippen LogP contribution is 2.32. The maximum atomic E-state index is 4.82. The van der Waals surface area contributed by atoms with Crippen LogP contribution in [0.2, 0.25) is 0 Å². The lowest BCUT2D eigenvalue weighted by Gasteiger charge is -2.37. The van der Waals surface area contributed by atoms with E-state index in [1.807, 2.05) is 0 Å². The van der Waals surface area contributed by atoms with Gasteiger partial charge in [0.2, 0.25) is 0 Å². The predicted molar refractivity (Wildman–Crippen MR) is 86.2 cm³/mol. The number of hydrogen-bond donors (Lipinski definition) is 1. The van der Waals surface area contributed by atoms with E-state index in [4.69, 9.17) is 4.99 Å². The third-order valence-electron chi connectivity index (χ3n) is 4.13. The minimum atomic E-state index is 0.766. The Morgan fingerprint density at radius 1 is 1.20 bits per heavy atom. The van der Waals surface area contributed by atoms with Crippen molar-refractivity contribution in [2.24, 2.45) is 16.8 Å². The second-order valence-electron chi connectivity index (χ2n) is 6.65. The van der Waals surface area contributed by atoms with E-state index in [9.17, 15) is 0 Å². The van der Waals surface area contributed by atoms with E-state index >= 15 is 0 Å². The van der Waals surface area contributed by atoms with Crippen LogP contribution in [0.15, 0.2) is 4.99 Å². The van der Waals surface area contributed by atoms with Gasteiger partial charge < -0.3 is 10.2 Å². The quantitative estimate of drug-likeness (QED) is 0.596. The van der Waals surface area contributed by atoms with Crippen LogP contribution in [0.4, 0.5) is 0 Å². The van der Waals surface area contributed by atoms with Gasteiger partial charge in [0, 0.05) is 45.8 Å². The molecule has 0 amide bonds. The smallest absolute Gasteiger partial charge is 0.194 e. The van der Waals surface area contributed by atoms with Gasteiger partial charge in [0.05, 0.1) is 0 Å². The van der Waals surface area contributed by atoms with E-state index in [-0.39, 0.29) is 0 Å². The highest BCUT2D eigenvalue weighted by molar-refractivity contribution is 5.80. The molecule has 1 heterocycles. The first-order chi connectivity index (χ1) is 9.69. The van der Waals surface area contributed by atoms with Crippen LogP contribution < -0.4 is 5.32 Å². The Labute approximate surface area is 124 Å². The Morgan fingerprint density at radius 2 is 1.90 bits per heavy atom. The SMILES string of the molecule is CCNC(=NCCC1CC1)N1CCN(CC(C)C)CC1. The zero-order valence-electron chi connectivity index (χ0n) is 13.6. The molecule has 116 valence electrons. The summed E-state index contributed by atoms with van der Waals surface area (Å²) in [6, 6.07) is 0. The molecule has 1 aliphatic carbocycles. The Morgan fingerprint density at radius 3 is 2.45 bits per heavy atom. The molecule has 1 saturated heterocycles. The van der Waals surface area contributed by atoms with E-state index in [1.54, 1.807) is 0 Å². The van der Waals surface area contributed by atoms with E-state index < -0.39 is 0 Å². The van der Waals surface area contributed by atoms with Gasteiger partial charge in [0.1, 0.15) is 0 Å². The summed E-state index contributed by atoms with van der Waals surface area (Å²) in [5, 5.41) is 3.46. The van der Waals surface area contributed by atoms with Crippen molar-refractivity contribution in [3.63, 3.8) is 0 Å². The first kappa shape index (κ1) is 15.6. The fourth-order valence-corrected chi connectivity index (χ4v) is 2.84. The molecule has 2 rings (SSSR count). The van der Waals surface area contributed by atoms with E-state index in [1.165, 1.54) is 38.9 Å². The highest BCUT2D eigenvalue weighted by atomic mass is 15.3. The van der Waals surface area contributed by atoms with Gasteiger partial charge in [0.15, 0.2) is 5.96 Å². The van der Waals surface area contributed by atoms with Gasteiger partial charge in [-0.2, -0.15) is 0 Å². The van der Waals surface area contributed by atoms with Crippen LogP contribution in [-0.2, 0) is 0 Å². The lowest BCUT2D eigenvalue weighted by Crippen LogP contribution is -2.53. The van der Waals surface area contributed by atoms with Crippen LogP contribution in [0, 0.1) is 11.8 Å². The average molecular weight is 280 g/mol. The molecular formula is C16H32N4. The summed E-state index contributed by atoms with van der Waals surface area (Å²) in [4.78, 5) is 9.83. The first-order valence-corrected chi connectivity index (χ1v) is 8.44. The molecule has 0 bridgehead atoms. The number of rotatable bonds is 6. The van der Waals surface area contributed by atoms with Crippen molar-refractivity contribution in [3.8, 4) is 0 Å². The number of nitrogens with one attached hydrogen (secondary N) is 1. The third-order valence-corrected chi connectivity index (χ3v) is 4.13. The first-order valence-electron chi connectivity index (χ1n) is 8.44. The molecule has 1 saturated carbocycles. The summed E-state index contributed by atoms with van der Waals surface area (Å²) in [7, 11) is 0. The van der Waals surface area contributed by atoms with Crippen LogP contribution in [0.3, 0.4) is 0 Å². The summed E-state index contributed by atoms with van der Waals surface area (Å²) in [6.45, 7) is 14.5. The molecule has 0 aromatic rings. The van der Waals surface area contributed by atoms with Gasteiger partial charge in [-0.1, -0.05) is 26.7 Å². The maximum absolute atomic E-state index is 4.82. The lowest BCUT2D eigenvalue weighted by atomic mass is 10.2. The van der Waals surface area contributed by atoms with E-state index in [0.29, 0.717) is 0 Å². The molecule has 4 nitrogen and oxygen atoms in total. The Kier molecular flexibility index (Phi) is 6.14. The van der Waals surface area contributed by atoms with Gasteiger partial charge >= 0.3 is 0 Å². The van der Waals surface area contributed by atoms with Crippen molar-refractivity contribution in [1.29, 1.82) is 0 Å². The van der Waals surface area contributed by atoms with Crippen molar-refractivity contribution in [2.75, 3.05) is 45.8 Å². The van der Waals surface area contributed by atoms with Crippen molar-refractivity contribution in [3.05, 3.63) is 0 Å². The van der Waals surface area contributed by atoms with Crippen LogP contribution >= 0.6 is 0 Å². The fourth-order valence-electron chi connectivity index (χ4n) is 2.84. The second kappa shape index (κ2) is 7.87. The van der Waals surface area contributed by atoms with Crippen molar-refractivity contribution < 1.29 is 0 Å². The molecule has 0 aromatic carbocycles. The summed E-state index contributed by atoms with van der Waals surface area (Å²) < 4.78 is 0. The third kappa shape index (κ3) is 5.31. The number of guanidine groups is 1. The molecule has 20 heavy (non-hydrogen) atoms. The van der Waals surface area contributed by atoms with Crippen LogP contribution in [-0.4, -0.2) is 61.6 Å². The van der Waals surface area contributed by atoms with Crippen molar-refractivity contribution in [1.82, 2.24) is 15.1 Å². The standard InChI is InChI=1S/C16H32N4/c1-4-17-16(18-8-7-15-5-6-15)20-11-9-19(10-12-20)13-14(2)3/h14-15H,4-13H2,1-3H3,(H,17,18). The minimum Gasteiger partial charge on any atom is -0.357 e. The molecular weight excluding hydrogens is 248 g/mol. The van der Waals surface area contributed by atoms with Crippen LogP contribution in [0.25, 0.3) is 0 Å². The second-order valence-corrected chi connectivity index (χ2v) is 6.65. The Hall–Kier alpha value is -0.770. The van der Waals surface area contributed by atoms with Gasteiger partial charge in [-0.3, -0.25) is 9.89 Å². The normalized spacial score (nSPS) is 21.6.